The van der Waals surface area contributed by atoms with E-state index in [1.165, 1.54) is 0 Å². The summed E-state index contributed by atoms with van der Waals surface area (Å²) in [5.41, 5.74) is 0.883. The van der Waals surface area contributed by atoms with Crippen LogP contribution in [0.25, 0.3) is 0 Å². The summed E-state index contributed by atoms with van der Waals surface area (Å²) in [5, 5.41) is 13.1. The van der Waals surface area contributed by atoms with Crippen LogP contribution in [0, 0.1) is 5.92 Å². The van der Waals surface area contributed by atoms with Gasteiger partial charge in [-0.25, -0.2) is 0 Å². The number of nitrogens with zero attached hydrogens (tertiary/aromatic N) is 1. The molecule has 1 aliphatic carbocycles. The number of hydrogen-bond donors (Lipinski definition) is 1. The molecule has 2 rings (SSSR count). The molecule has 0 saturated heterocycles. The molecule has 1 fully saturated rings. The van der Waals surface area contributed by atoms with E-state index < -0.39 is 5.97 Å². The summed E-state index contributed by atoms with van der Waals surface area (Å²) in [6.07, 6.45) is 6.21. The van der Waals surface area contributed by atoms with Gasteiger partial charge in [0.15, 0.2) is 0 Å². The summed E-state index contributed by atoms with van der Waals surface area (Å²) < 4.78 is 0. The van der Waals surface area contributed by atoms with Gasteiger partial charge in [0.05, 0.1) is 11.6 Å². The topological polar surface area (TPSA) is 58.9 Å². The summed E-state index contributed by atoms with van der Waals surface area (Å²) in [4.78, 5) is 16.6. The number of oxime groups is 1. The van der Waals surface area contributed by atoms with E-state index in [0.717, 1.165) is 50.7 Å². The van der Waals surface area contributed by atoms with Crippen LogP contribution in [0.5, 0.6) is 0 Å². The number of carboxylic acid groups (broad SMARTS) is 1. The molecule has 16 heavy (non-hydrogen) atoms. The van der Waals surface area contributed by atoms with Crippen molar-refractivity contribution in [2.24, 2.45) is 11.1 Å². The van der Waals surface area contributed by atoms with Crippen molar-refractivity contribution in [2.75, 3.05) is 0 Å². The Hall–Kier alpha value is -1.06. The fourth-order valence-corrected chi connectivity index (χ4v) is 2.64. The molecule has 1 aliphatic heterocycles. The van der Waals surface area contributed by atoms with Crippen molar-refractivity contribution in [3.8, 4) is 0 Å². The Morgan fingerprint density at radius 1 is 1.44 bits per heavy atom. The predicted octanol–water partition coefficient (Wildman–Crippen LogP) is 2.58. The third kappa shape index (κ3) is 2.36. The highest BCUT2D eigenvalue weighted by atomic mass is 16.7. The van der Waals surface area contributed by atoms with Gasteiger partial charge in [-0.1, -0.05) is 5.16 Å². The molecule has 2 atom stereocenters. The molecule has 0 amide bonds. The molecule has 2 aliphatic rings. The molecule has 4 heteroatoms. The zero-order valence-electron chi connectivity index (χ0n) is 9.74. The van der Waals surface area contributed by atoms with Crippen molar-refractivity contribution < 1.29 is 14.7 Å². The SMILES string of the molecule is CC1=NOC2(CCCC(C(=O)O)CC2)CC1. The highest BCUT2D eigenvalue weighted by molar-refractivity contribution is 5.81. The third-order valence-corrected chi connectivity index (χ3v) is 3.82. The fraction of sp³-hybridized carbons (Fsp3) is 0.833. The Morgan fingerprint density at radius 2 is 2.25 bits per heavy atom. The van der Waals surface area contributed by atoms with Gasteiger partial charge < -0.3 is 9.94 Å². The van der Waals surface area contributed by atoms with Crippen LogP contribution in [0.15, 0.2) is 5.16 Å². The molecule has 0 aromatic carbocycles. The Kier molecular flexibility index (Phi) is 3.17. The van der Waals surface area contributed by atoms with Crippen molar-refractivity contribution in [2.45, 2.75) is 57.5 Å². The number of carbonyl (C=O) groups is 1. The molecular formula is C12H19NO3. The minimum absolute atomic E-state index is 0.163. The van der Waals surface area contributed by atoms with Gasteiger partial charge in [-0.2, -0.15) is 0 Å². The Balaban J connectivity index is 2.01. The first-order chi connectivity index (χ1) is 7.61. The number of hydrogen-bond acceptors (Lipinski definition) is 3. The average Bonchev–Trinajstić information content (AvgIpc) is 2.46. The zero-order valence-corrected chi connectivity index (χ0v) is 9.74. The maximum absolute atomic E-state index is 11.0. The molecule has 2 unspecified atom stereocenters. The van der Waals surface area contributed by atoms with E-state index in [-0.39, 0.29) is 11.5 Å². The summed E-state index contributed by atoms with van der Waals surface area (Å²) in [5.74, 6) is -0.845. The van der Waals surface area contributed by atoms with E-state index in [2.05, 4.69) is 5.16 Å². The minimum atomic E-state index is -0.660. The van der Waals surface area contributed by atoms with Gasteiger partial charge in [0.2, 0.25) is 0 Å². The second-order valence-corrected chi connectivity index (χ2v) is 5.07. The van der Waals surface area contributed by atoms with Crippen LogP contribution in [-0.4, -0.2) is 22.4 Å². The van der Waals surface area contributed by atoms with Crippen molar-refractivity contribution >= 4 is 11.7 Å². The van der Waals surface area contributed by atoms with Crippen LogP contribution < -0.4 is 0 Å². The molecule has 4 nitrogen and oxygen atoms in total. The molecule has 90 valence electrons. The van der Waals surface area contributed by atoms with Crippen LogP contribution in [0.4, 0.5) is 0 Å². The molecular weight excluding hydrogens is 206 g/mol. The lowest BCUT2D eigenvalue weighted by Crippen LogP contribution is -2.34. The third-order valence-electron chi connectivity index (χ3n) is 3.82. The van der Waals surface area contributed by atoms with E-state index in [9.17, 15) is 4.79 Å². The van der Waals surface area contributed by atoms with E-state index in [1.807, 2.05) is 6.92 Å². The standard InChI is InChI=1S/C12H19NO3/c1-9-4-7-12(16-13-9)6-2-3-10(5-8-12)11(14)15/h10H,2-8H2,1H3,(H,14,15). The molecule has 1 N–H and O–H groups in total. The number of aliphatic carboxylic acids is 1. The first-order valence-corrected chi connectivity index (χ1v) is 6.06. The monoisotopic (exact) mass is 225 g/mol. The number of carboxylic acids is 1. The van der Waals surface area contributed by atoms with Gasteiger partial charge in [0.1, 0.15) is 5.60 Å². The first kappa shape index (κ1) is 11.4. The Morgan fingerprint density at radius 3 is 2.88 bits per heavy atom. The normalized spacial score (nSPS) is 35.1. The smallest absolute Gasteiger partial charge is 0.306 e. The largest absolute Gasteiger partial charge is 0.481 e. The maximum Gasteiger partial charge on any atom is 0.306 e. The summed E-state index contributed by atoms with van der Waals surface area (Å²) in [6, 6.07) is 0. The molecule has 1 heterocycles. The molecule has 1 spiro atoms. The maximum atomic E-state index is 11.0. The molecule has 0 radical (unpaired) electrons. The highest BCUT2D eigenvalue weighted by Gasteiger charge is 2.38. The Bertz CT molecular complexity index is 313. The van der Waals surface area contributed by atoms with Crippen LogP contribution in [0.1, 0.15) is 51.9 Å². The lowest BCUT2D eigenvalue weighted by atomic mass is 9.87. The predicted molar refractivity (Wildman–Crippen MR) is 60.4 cm³/mol. The molecule has 0 bridgehead atoms. The second-order valence-electron chi connectivity index (χ2n) is 5.07. The van der Waals surface area contributed by atoms with Crippen LogP contribution >= 0.6 is 0 Å². The van der Waals surface area contributed by atoms with Crippen LogP contribution in [-0.2, 0) is 9.63 Å². The fourth-order valence-electron chi connectivity index (χ4n) is 2.64. The Labute approximate surface area is 95.7 Å². The first-order valence-electron chi connectivity index (χ1n) is 6.06. The van der Waals surface area contributed by atoms with Gasteiger partial charge in [0.25, 0.3) is 0 Å². The second kappa shape index (κ2) is 4.44. The van der Waals surface area contributed by atoms with Crippen molar-refractivity contribution in [1.82, 2.24) is 0 Å². The lowest BCUT2D eigenvalue weighted by molar-refractivity contribution is -0.142. The van der Waals surface area contributed by atoms with Gasteiger partial charge in [-0.15, -0.1) is 0 Å². The summed E-state index contributed by atoms with van der Waals surface area (Å²) in [7, 11) is 0. The van der Waals surface area contributed by atoms with Gasteiger partial charge in [-0.05, 0) is 51.9 Å². The molecule has 0 aromatic heterocycles. The van der Waals surface area contributed by atoms with Crippen LogP contribution in [0.3, 0.4) is 0 Å². The quantitative estimate of drug-likeness (QED) is 0.746. The molecule has 1 saturated carbocycles. The minimum Gasteiger partial charge on any atom is -0.481 e. The zero-order chi connectivity index (χ0) is 11.6. The molecule has 0 aromatic rings. The summed E-state index contributed by atoms with van der Waals surface area (Å²) in [6.45, 7) is 1.98. The highest BCUT2D eigenvalue weighted by Crippen LogP contribution is 2.38. The summed E-state index contributed by atoms with van der Waals surface area (Å²) >= 11 is 0. The van der Waals surface area contributed by atoms with E-state index >= 15 is 0 Å². The van der Waals surface area contributed by atoms with E-state index in [4.69, 9.17) is 9.94 Å². The van der Waals surface area contributed by atoms with Gasteiger partial charge in [-0.3, -0.25) is 4.79 Å². The average molecular weight is 225 g/mol. The van der Waals surface area contributed by atoms with Crippen LogP contribution in [0.2, 0.25) is 0 Å². The van der Waals surface area contributed by atoms with Crippen molar-refractivity contribution in [1.29, 1.82) is 0 Å². The van der Waals surface area contributed by atoms with Crippen molar-refractivity contribution in [3.63, 3.8) is 0 Å². The van der Waals surface area contributed by atoms with Gasteiger partial charge in [0, 0.05) is 0 Å². The van der Waals surface area contributed by atoms with Crippen molar-refractivity contribution in [3.05, 3.63) is 0 Å². The van der Waals surface area contributed by atoms with E-state index in [1.54, 1.807) is 0 Å². The number of rotatable bonds is 1. The lowest BCUT2D eigenvalue weighted by Gasteiger charge is -2.33. The van der Waals surface area contributed by atoms with E-state index in [0.29, 0.717) is 0 Å². The van der Waals surface area contributed by atoms with Gasteiger partial charge >= 0.3 is 5.97 Å².